The number of nitrogens with one attached hydrogen (secondary N) is 1. The third-order valence-corrected chi connectivity index (χ3v) is 5.28. The Morgan fingerprint density at radius 1 is 1.20 bits per heavy atom. The fraction of sp³-hybridized carbons (Fsp3) is 0.368. The molecule has 1 saturated heterocycles. The van der Waals surface area contributed by atoms with Crippen LogP contribution in [0.25, 0.3) is 0 Å². The molecule has 2 aromatic rings. The van der Waals surface area contributed by atoms with E-state index in [1.54, 1.807) is 12.1 Å². The first-order chi connectivity index (χ1) is 12.1. The van der Waals surface area contributed by atoms with Gasteiger partial charge < -0.3 is 14.8 Å². The Morgan fingerprint density at radius 3 is 2.68 bits per heavy atom. The van der Waals surface area contributed by atoms with Crippen LogP contribution < -0.4 is 5.32 Å². The van der Waals surface area contributed by atoms with Gasteiger partial charge in [0.25, 0.3) is 5.91 Å². The number of benzene rings is 1. The van der Waals surface area contributed by atoms with Crippen LogP contribution in [-0.2, 0) is 16.1 Å². The van der Waals surface area contributed by atoms with Gasteiger partial charge in [0.1, 0.15) is 0 Å². The predicted octanol–water partition coefficient (Wildman–Crippen LogP) is 3.05. The zero-order valence-electron chi connectivity index (χ0n) is 14.1. The van der Waals surface area contributed by atoms with E-state index >= 15 is 0 Å². The van der Waals surface area contributed by atoms with Crippen LogP contribution in [-0.4, -0.2) is 37.0 Å². The lowest BCUT2D eigenvalue weighted by Gasteiger charge is -2.32. The molecule has 0 spiro atoms. The van der Waals surface area contributed by atoms with Gasteiger partial charge in [0, 0.05) is 6.61 Å². The van der Waals surface area contributed by atoms with E-state index in [0.717, 1.165) is 12.0 Å². The Kier molecular flexibility index (Phi) is 5.96. The maximum atomic E-state index is 12.4. The highest BCUT2D eigenvalue weighted by atomic mass is 32.1. The quantitative estimate of drug-likeness (QED) is 0.805. The third kappa shape index (κ3) is 4.75. The molecule has 2 atom stereocenters. The molecule has 25 heavy (non-hydrogen) atoms. The van der Waals surface area contributed by atoms with Crippen molar-refractivity contribution in [3.63, 3.8) is 0 Å². The maximum absolute atomic E-state index is 12.4. The monoisotopic (exact) mass is 359 g/mol. The minimum absolute atomic E-state index is 0.0332. The molecule has 1 fully saturated rings. The van der Waals surface area contributed by atoms with E-state index < -0.39 is 0 Å². The fourth-order valence-electron chi connectivity index (χ4n) is 2.72. The van der Waals surface area contributed by atoms with Gasteiger partial charge in [0.2, 0.25) is 0 Å². The lowest BCUT2D eigenvalue weighted by Crippen LogP contribution is -2.50. The number of ether oxygens (including phenoxy) is 2. The van der Waals surface area contributed by atoms with Gasteiger partial charge in [-0.15, -0.1) is 11.3 Å². The molecule has 0 saturated carbocycles. The molecule has 132 valence electrons. The highest BCUT2D eigenvalue weighted by molar-refractivity contribution is 7.15. The van der Waals surface area contributed by atoms with Crippen molar-refractivity contribution in [2.75, 3.05) is 13.2 Å². The second-order valence-corrected chi connectivity index (χ2v) is 7.08. The van der Waals surface area contributed by atoms with Gasteiger partial charge in [0.05, 0.1) is 35.1 Å². The van der Waals surface area contributed by atoms with Crippen LogP contribution in [0, 0.1) is 0 Å². The summed E-state index contributed by atoms with van der Waals surface area (Å²) in [5, 5.41) is 2.98. The molecular weight excluding hydrogens is 338 g/mol. The average Bonchev–Trinajstić information content (AvgIpc) is 3.12. The summed E-state index contributed by atoms with van der Waals surface area (Å²) in [6, 6.07) is 13.1. The molecule has 0 bridgehead atoms. The molecule has 5 nitrogen and oxygen atoms in total. The van der Waals surface area contributed by atoms with E-state index in [2.05, 4.69) is 5.32 Å². The summed E-state index contributed by atoms with van der Waals surface area (Å²) in [4.78, 5) is 24.9. The van der Waals surface area contributed by atoms with Gasteiger partial charge in [-0.1, -0.05) is 30.3 Å². The van der Waals surface area contributed by atoms with Gasteiger partial charge in [-0.2, -0.15) is 0 Å². The molecule has 0 aliphatic carbocycles. The predicted molar refractivity (Wildman–Crippen MR) is 96.0 cm³/mol. The number of thiophene rings is 1. The van der Waals surface area contributed by atoms with Crippen molar-refractivity contribution in [3.05, 3.63) is 57.8 Å². The Morgan fingerprint density at radius 2 is 1.96 bits per heavy atom. The summed E-state index contributed by atoms with van der Waals surface area (Å²) >= 11 is 1.21. The molecule has 1 aliphatic heterocycles. The zero-order chi connectivity index (χ0) is 17.6. The number of rotatable bonds is 6. The normalized spacial score (nSPS) is 20.2. The molecule has 6 heteroatoms. The standard InChI is InChI=1S/C19H21NO4S/c1-13(21)17-7-8-18(25-17)19(22)20-15-12-23-10-9-16(15)24-11-14-5-3-2-4-6-14/h2-8,15-16H,9-12H2,1H3,(H,20,22). The van der Waals surface area contributed by atoms with Gasteiger partial charge in [0.15, 0.2) is 5.78 Å². The van der Waals surface area contributed by atoms with E-state index in [1.807, 2.05) is 30.3 Å². The SMILES string of the molecule is CC(=O)c1ccc(C(=O)NC2COCCC2OCc2ccccc2)s1. The summed E-state index contributed by atoms with van der Waals surface area (Å²) in [6.45, 7) is 3.05. The molecule has 2 unspecified atom stereocenters. The first-order valence-corrected chi connectivity index (χ1v) is 9.10. The van der Waals surface area contributed by atoms with Crippen LogP contribution in [0.15, 0.2) is 42.5 Å². The van der Waals surface area contributed by atoms with Crippen LogP contribution in [0.2, 0.25) is 0 Å². The molecule has 3 rings (SSSR count). The van der Waals surface area contributed by atoms with E-state index in [0.29, 0.717) is 29.6 Å². The molecule has 1 aromatic carbocycles. The molecule has 1 aromatic heterocycles. The number of hydrogen-bond acceptors (Lipinski definition) is 5. The lowest BCUT2D eigenvalue weighted by atomic mass is 10.1. The largest absolute Gasteiger partial charge is 0.379 e. The summed E-state index contributed by atoms with van der Waals surface area (Å²) in [7, 11) is 0. The second kappa shape index (κ2) is 8.38. The van der Waals surface area contributed by atoms with Gasteiger partial charge in [-0.25, -0.2) is 0 Å². The minimum Gasteiger partial charge on any atom is -0.379 e. The lowest BCUT2D eigenvalue weighted by molar-refractivity contribution is -0.0605. The second-order valence-electron chi connectivity index (χ2n) is 6.00. The molecule has 2 heterocycles. The molecular formula is C19H21NO4S. The Balaban J connectivity index is 1.60. The van der Waals surface area contributed by atoms with Crippen molar-refractivity contribution in [1.82, 2.24) is 5.32 Å². The van der Waals surface area contributed by atoms with Crippen LogP contribution in [0.4, 0.5) is 0 Å². The number of carbonyl (C=O) groups is 2. The van der Waals surface area contributed by atoms with Crippen molar-refractivity contribution in [3.8, 4) is 0 Å². The Hall–Kier alpha value is -2.02. The first-order valence-electron chi connectivity index (χ1n) is 8.28. The van der Waals surface area contributed by atoms with Crippen molar-refractivity contribution in [2.24, 2.45) is 0 Å². The van der Waals surface area contributed by atoms with Crippen LogP contribution in [0.1, 0.15) is 38.3 Å². The third-order valence-electron chi connectivity index (χ3n) is 4.09. The highest BCUT2D eigenvalue weighted by Crippen LogP contribution is 2.19. The molecule has 1 N–H and O–H groups in total. The minimum atomic E-state index is -0.201. The average molecular weight is 359 g/mol. The summed E-state index contributed by atoms with van der Waals surface area (Å²) in [5.41, 5.74) is 1.10. The summed E-state index contributed by atoms with van der Waals surface area (Å²) < 4.78 is 11.5. The molecule has 1 amide bonds. The highest BCUT2D eigenvalue weighted by Gasteiger charge is 2.28. The number of Topliss-reactive ketones (excluding diaryl/α,β-unsaturated/α-hetero) is 1. The van der Waals surface area contributed by atoms with Crippen molar-refractivity contribution in [2.45, 2.75) is 32.1 Å². The van der Waals surface area contributed by atoms with Crippen LogP contribution in [0.5, 0.6) is 0 Å². The summed E-state index contributed by atoms with van der Waals surface area (Å²) in [6.07, 6.45) is 0.645. The topological polar surface area (TPSA) is 64.6 Å². The van der Waals surface area contributed by atoms with Crippen molar-refractivity contribution >= 4 is 23.0 Å². The number of carbonyl (C=O) groups excluding carboxylic acids is 2. The smallest absolute Gasteiger partial charge is 0.261 e. The fourth-order valence-corrected chi connectivity index (χ4v) is 3.52. The van der Waals surface area contributed by atoms with E-state index in [9.17, 15) is 9.59 Å². The van der Waals surface area contributed by atoms with E-state index in [1.165, 1.54) is 18.3 Å². The van der Waals surface area contributed by atoms with Crippen molar-refractivity contribution in [1.29, 1.82) is 0 Å². The van der Waals surface area contributed by atoms with Gasteiger partial charge >= 0.3 is 0 Å². The Bertz CT molecular complexity index is 728. The first kappa shape index (κ1) is 17.8. The zero-order valence-corrected chi connectivity index (χ0v) is 14.9. The van der Waals surface area contributed by atoms with E-state index in [4.69, 9.17) is 9.47 Å². The van der Waals surface area contributed by atoms with Gasteiger partial charge in [-0.05, 0) is 31.0 Å². The Labute approximate surface area is 151 Å². The van der Waals surface area contributed by atoms with Gasteiger partial charge in [-0.3, -0.25) is 9.59 Å². The van der Waals surface area contributed by atoms with Crippen molar-refractivity contribution < 1.29 is 19.1 Å². The molecule has 1 aliphatic rings. The van der Waals surface area contributed by atoms with Crippen LogP contribution >= 0.6 is 11.3 Å². The van der Waals surface area contributed by atoms with E-state index in [-0.39, 0.29) is 23.8 Å². The number of hydrogen-bond donors (Lipinski definition) is 1. The van der Waals surface area contributed by atoms with Crippen LogP contribution in [0.3, 0.4) is 0 Å². The number of amides is 1. The maximum Gasteiger partial charge on any atom is 0.261 e. The summed E-state index contributed by atoms with van der Waals surface area (Å²) in [5.74, 6) is -0.226. The number of ketones is 1. The molecule has 0 radical (unpaired) electrons.